The maximum absolute atomic E-state index is 12.5. The molecule has 0 aliphatic carbocycles. The van der Waals surface area contributed by atoms with Crippen LogP contribution in [0.5, 0.6) is 0 Å². The number of hydrogen-bond donors (Lipinski definition) is 1. The normalized spacial score (nSPS) is 21.9. The largest absolute Gasteiger partial charge is 0.444 e. The van der Waals surface area contributed by atoms with Crippen molar-refractivity contribution < 1.29 is 9.53 Å². The molecule has 0 aromatic heterocycles. The van der Waals surface area contributed by atoms with E-state index in [9.17, 15) is 4.79 Å². The van der Waals surface area contributed by atoms with E-state index >= 15 is 0 Å². The lowest BCUT2D eigenvalue weighted by Crippen LogP contribution is -2.46. The number of carbonyl (C=O) groups excluding carboxylic acids is 1. The zero-order valence-corrected chi connectivity index (χ0v) is 15.5. The van der Waals surface area contributed by atoms with Crippen molar-refractivity contribution in [2.45, 2.75) is 96.9 Å². The zero-order chi connectivity index (χ0) is 17.5. The van der Waals surface area contributed by atoms with Crippen LogP contribution in [0.3, 0.4) is 0 Å². The van der Waals surface area contributed by atoms with Crippen molar-refractivity contribution in [3.63, 3.8) is 0 Å². The Labute approximate surface area is 142 Å². The molecule has 1 fully saturated rings. The van der Waals surface area contributed by atoms with Gasteiger partial charge in [0.25, 0.3) is 0 Å². The first kappa shape index (κ1) is 19.8. The fourth-order valence-corrected chi connectivity index (χ4v) is 3.18. The van der Waals surface area contributed by atoms with Gasteiger partial charge in [-0.1, -0.05) is 12.8 Å². The van der Waals surface area contributed by atoms with Crippen molar-refractivity contribution in [3.8, 4) is 12.3 Å². The molecular weight excluding hydrogens is 288 g/mol. The maximum Gasteiger partial charge on any atom is 0.410 e. The van der Waals surface area contributed by atoms with Crippen molar-refractivity contribution in [2.75, 3.05) is 6.54 Å². The molecule has 132 valence electrons. The van der Waals surface area contributed by atoms with Gasteiger partial charge in [-0.3, -0.25) is 0 Å². The van der Waals surface area contributed by atoms with Crippen LogP contribution in [0.25, 0.3) is 0 Å². The van der Waals surface area contributed by atoms with E-state index in [0.717, 1.165) is 32.2 Å². The van der Waals surface area contributed by atoms with Gasteiger partial charge in [0.1, 0.15) is 5.60 Å². The first-order chi connectivity index (χ1) is 10.7. The van der Waals surface area contributed by atoms with E-state index in [1.807, 2.05) is 25.7 Å². The molecule has 0 bridgehead atoms. The SMILES string of the molecule is C#CCC(C)NC(C)CC1CCCCCN1C(=O)OC(C)(C)C. The third-order valence-corrected chi connectivity index (χ3v) is 4.12. The maximum atomic E-state index is 12.5. The Balaban J connectivity index is 2.66. The summed E-state index contributed by atoms with van der Waals surface area (Å²) in [5, 5.41) is 3.53. The van der Waals surface area contributed by atoms with Gasteiger partial charge in [0, 0.05) is 31.1 Å². The highest BCUT2D eigenvalue weighted by Gasteiger charge is 2.30. The molecule has 0 aromatic rings. The summed E-state index contributed by atoms with van der Waals surface area (Å²) in [5.74, 6) is 2.69. The Morgan fingerprint density at radius 1 is 1.30 bits per heavy atom. The van der Waals surface area contributed by atoms with Gasteiger partial charge in [0.15, 0.2) is 0 Å². The van der Waals surface area contributed by atoms with Gasteiger partial charge in [-0.15, -0.1) is 12.3 Å². The Kier molecular flexibility index (Phi) is 7.91. The Hall–Kier alpha value is -1.21. The molecule has 3 atom stereocenters. The van der Waals surface area contributed by atoms with Gasteiger partial charge in [0.2, 0.25) is 0 Å². The number of likely N-dealkylation sites (tertiary alicyclic amines) is 1. The predicted octanol–water partition coefficient (Wildman–Crippen LogP) is 3.95. The molecule has 1 aliphatic heterocycles. The van der Waals surface area contributed by atoms with Gasteiger partial charge in [0.05, 0.1) is 0 Å². The van der Waals surface area contributed by atoms with Crippen LogP contribution in [0.4, 0.5) is 4.79 Å². The van der Waals surface area contributed by atoms with Crippen molar-refractivity contribution in [1.82, 2.24) is 10.2 Å². The van der Waals surface area contributed by atoms with E-state index in [1.54, 1.807) is 0 Å². The van der Waals surface area contributed by atoms with Gasteiger partial charge >= 0.3 is 6.09 Å². The molecule has 3 unspecified atom stereocenters. The number of hydrogen-bond acceptors (Lipinski definition) is 3. The summed E-state index contributed by atoms with van der Waals surface area (Å²) in [7, 11) is 0. The standard InChI is InChI=1S/C19H34N2O2/c1-7-11-15(2)20-16(3)14-17-12-9-8-10-13-21(17)18(22)23-19(4,5)6/h1,15-17,20H,8-14H2,2-6H3. The molecule has 1 heterocycles. The molecule has 4 nitrogen and oxygen atoms in total. The van der Waals surface area contributed by atoms with Crippen LogP contribution < -0.4 is 5.32 Å². The minimum absolute atomic E-state index is 0.173. The summed E-state index contributed by atoms with van der Waals surface area (Å²) in [5.41, 5.74) is -0.445. The number of ether oxygens (including phenoxy) is 1. The summed E-state index contributed by atoms with van der Waals surface area (Å²) in [4.78, 5) is 14.5. The molecule has 0 saturated carbocycles. The molecule has 1 saturated heterocycles. The first-order valence-corrected chi connectivity index (χ1v) is 8.92. The molecule has 1 amide bonds. The summed E-state index contributed by atoms with van der Waals surface area (Å²) < 4.78 is 5.60. The van der Waals surface area contributed by atoms with Crippen LogP contribution in [-0.2, 0) is 4.74 Å². The van der Waals surface area contributed by atoms with Gasteiger partial charge in [-0.2, -0.15) is 0 Å². The second-order valence-corrected chi connectivity index (χ2v) is 7.79. The fourth-order valence-electron chi connectivity index (χ4n) is 3.18. The van der Waals surface area contributed by atoms with Crippen LogP contribution in [-0.4, -0.2) is 41.3 Å². The van der Waals surface area contributed by atoms with Gasteiger partial charge in [-0.25, -0.2) is 4.79 Å². The van der Waals surface area contributed by atoms with Crippen molar-refractivity contribution >= 4 is 6.09 Å². The predicted molar refractivity (Wildman–Crippen MR) is 95.3 cm³/mol. The van der Waals surface area contributed by atoms with Crippen LogP contribution in [0.1, 0.15) is 73.1 Å². The van der Waals surface area contributed by atoms with Gasteiger partial charge in [-0.05, 0) is 53.9 Å². The molecule has 0 radical (unpaired) electrons. The van der Waals surface area contributed by atoms with E-state index < -0.39 is 5.60 Å². The number of rotatable bonds is 5. The lowest BCUT2D eigenvalue weighted by molar-refractivity contribution is 0.0149. The average molecular weight is 322 g/mol. The Morgan fingerprint density at radius 3 is 2.61 bits per heavy atom. The molecule has 0 aromatic carbocycles. The third-order valence-electron chi connectivity index (χ3n) is 4.12. The second-order valence-electron chi connectivity index (χ2n) is 7.79. The molecule has 0 spiro atoms. The average Bonchev–Trinajstić information content (AvgIpc) is 2.62. The molecule has 1 rings (SSSR count). The van der Waals surface area contributed by atoms with Crippen LogP contribution in [0.2, 0.25) is 0 Å². The van der Waals surface area contributed by atoms with Gasteiger partial charge < -0.3 is 15.0 Å². The fraction of sp³-hybridized carbons (Fsp3) is 0.842. The molecule has 23 heavy (non-hydrogen) atoms. The zero-order valence-electron chi connectivity index (χ0n) is 15.5. The van der Waals surface area contributed by atoms with Crippen molar-refractivity contribution in [2.24, 2.45) is 0 Å². The summed E-state index contributed by atoms with van der Waals surface area (Å²) in [6.07, 6.45) is 11.3. The minimum atomic E-state index is -0.445. The second kappa shape index (κ2) is 9.17. The quantitative estimate of drug-likeness (QED) is 0.779. The van der Waals surface area contributed by atoms with E-state index in [0.29, 0.717) is 12.1 Å². The van der Waals surface area contributed by atoms with E-state index in [2.05, 4.69) is 25.1 Å². The Morgan fingerprint density at radius 2 is 2.00 bits per heavy atom. The number of nitrogens with one attached hydrogen (secondary N) is 1. The Bertz CT molecular complexity index is 409. The molecule has 4 heteroatoms. The molecule has 1 N–H and O–H groups in total. The van der Waals surface area contributed by atoms with Crippen LogP contribution in [0, 0.1) is 12.3 Å². The number of amides is 1. The third kappa shape index (κ3) is 7.74. The van der Waals surface area contributed by atoms with Crippen LogP contribution >= 0.6 is 0 Å². The summed E-state index contributed by atoms with van der Waals surface area (Å²) in [6, 6.07) is 0.870. The van der Waals surface area contributed by atoms with E-state index in [1.165, 1.54) is 12.8 Å². The first-order valence-electron chi connectivity index (χ1n) is 8.92. The van der Waals surface area contributed by atoms with Crippen LogP contribution in [0.15, 0.2) is 0 Å². The minimum Gasteiger partial charge on any atom is -0.444 e. The summed E-state index contributed by atoms with van der Waals surface area (Å²) in [6.45, 7) is 10.8. The molecule has 1 aliphatic rings. The van der Waals surface area contributed by atoms with Crippen molar-refractivity contribution in [3.05, 3.63) is 0 Å². The highest BCUT2D eigenvalue weighted by Crippen LogP contribution is 2.23. The van der Waals surface area contributed by atoms with Crippen molar-refractivity contribution in [1.29, 1.82) is 0 Å². The summed E-state index contributed by atoms with van der Waals surface area (Å²) >= 11 is 0. The lowest BCUT2D eigenvalue weighted by atomic mass is 10.0. The highest BCUT2D eigenvalue weighted by molar-refractivity contribution is 5.68. The topological polar surface area (TPSA) is 41.6 Å². The smallest absolute Gasteiger partial charge is 0.410 e. The van der Waals surface area contributed by atoms with E-state index in [-0.39, 0.29) is 12.1 Å². The number of carbonyl (C=O) groups is 1. The highest BCUT2D eigenvalue weighted by atomic mass is 16.6. The van der Waals surface area contributed by atoms with E-state index in [4.69, 9.17) is 11.2 Å². The number of nitrogens with zero attached hydrogens (tertiary/aromatic N) is 1. The molecular formula is C19H34N2O2. The lowest BCUT2D eigenvalue weighted by Gasteiger charge is -2.34. The monoisotopic (exact) mass is 322 g/mol. The number of terminal acetylenes is 1.